The van der Waals surface area contributed by atoms with Crippen LogP contribution in [0.25, 0.3) is 0 Å². The van der Waals surface area contributed by atoms with Crippen LogP contribution in [0.1, 0.15) is 47.9 Å². The summed E-state index contributed by atoms with van der Waals surface area (Å²) < 4.78 is 31.6. The van der Waals surface area contributed by atoms with Gasteiger partial charge in [0.15, 0.2) is 5.69 Å². The van der Waals surface area contributed by atoms with E-state index in [0.29, 0.717) is 12.0 Å². The van der Waals surface area contributed by atoms with Gasteiger partial charge in [-0.2, -0.15) is 0 Å². The first-order valence-corrected chi connectivity index (χ1v) is 10.6. The van der Waals surface area contributed by atoms with Crippen LogP contribution in [0, 0.1) is 11.6 Å². The van der Waals surface area contributed by atoms with Crippen molar-refractivity contribution in [2.45, 2.75) is 38.9 Å². The number of carbonyl (C=O) groups is 2. The number of halogens is 2. The van der Waals surface area contributed by atoms with E-state index in [1.54, 1.807) is 25.1 Å². The minimum atomic E-state index is -1.22. The zero-order valence-electron chi connectivity index (χ0n) is 17.1. The highest BCUT2D eigenvalue weighted by molar-refractivity contribution is 7.03. The predicted molar refractivity (Wildman–Crippen MR) is 113 cm³/mol. The molecule has 3 rings (SSSR count). The maximum absolute atomic E-state index is 14.8. The average Bonchev–Trinajstić information content (AvgIpc) is 3.32. The molecule has 3 aromatic rings. The summed E-state index contributed by atoms with van der Waals surface area (Å²) in [6.45, 7) is 3.77. The molecule has 0 spiro atoms. The first kappa shape index (κ1) is 22.5. The number of carbonyl (C=O) groups excluding carboxylic acids is 2. The van der Waals surface area contributed by atoms with Crippen LogP contribution in [0.3, 0.4) is 0 Å². The second-order valence-corrected chi connectivity index (χ2v) is 7.64. The van der Waals surface area contributed by atoms with Crippen molar-refractivity contribution in [2.24, 2.45) is 0 Å². The standard InChI is InChI=1S/C22H22F2N4O2S/c1-3-14(2)28(22(30)19-13-31-27-26-19)20(17-6-4-5-7-18(17)24)21(29)25-12-15-8-10-16(23)11-9-15/h4-11,13-14,20H,3,12H2,1-2H3,(H,25,29)/t14-,20-/m0/s1. The summed E-state index contributed by atoms with van der Waals surface area (Å²) in [4.78, 5) is 27.9. The summed E-state index contributed by atoms with van der Waals surface area (Å²) >= 11 is 1.02. The zero-order valence-corrected chi connectivity index (χ0v) is 17.9. The van der Waals surface area contributed by atoms with Crippen LogP contribution in [0.5, 0.6) is 0 Å². The highest BCUT2D eigenvalue weighted by Gasteiger charge is 2.37. The van der Waals surface area contributed by atoms with Gasteiger partial charge in [0.25, 0.3) is 5.91 Å². The van der Waals surface area contributed by atoms with Crippen molar-refractivity contribution in [3.63, 3.8) is 0 Å². The molecule has 1 N–H and O–H groups in total. The van der Waals surface area contributed by atoms with E-state index < -0.39 is 23.7 Å². The topological polar surface area (TPSA) is 75.2 Å². The average molecular weight is 445 g/mol. The van der Waals surface area contributed by atoms with Gasteiger partial charge in [-0.1, -0.05) is 41.7 Å². The smallest absolute Gasteiger partial charge is 0.276 e. The number of nitrogens with one attached hydrogen (secondary N) is 1. The minimum absolute atomic E-state index is 0.0796. The lowest BCUT2D eigenvalue weighted by Crippen LogP contribution is -2.48. The molecule has 0 aliphatic carbocycles. The molecule has 0 saturated carbocycles. The van der Waals surface area contributed by atoms with Gasteiger partial charge < -0.3 is 10.2 Å². The van der Waals surface area contributed by atoms with Crippen molar-refractivity contribution < 1.29 is 18.4 Å². The number of benzene rings is 2. The van der Waals surface area contributed by atoms with Gasteiger partial charge in [0.2, 0.25) is 5.91 Å². The number of nitrogens with zero attached hydrogens (tertiary/aromatic N) is 3. The van der Waals surface area contributed by atoms with E-state index in [2.05, 4.69) is 14.9 Å². The van der Waals surface area contributed by atoms with E-state index in [4.69, 9.17) is 0 Å². The number of amides is 2. The number of hydrogen-bond donors (Lipinski definition) is 1. The van der Waals surface area contributed by atoms with Crippen molar-refractivity contribution in [1.29, 1.82) is 0 Å². The van der Waals surface area contributed by atoms with Gasteiger partial charge in [-0.15, -0.1) is 5.10 Å². The third-order valence-electron chi connectivity index (χ3n) is 4.99. The van der Waals surface area contributed by atoms with E-state index in [9.17, 15) is 18.4 Å². The molecule has 2 atom stereocenters. The Morgan fingerprint density at radius 1 is 1.13 bits per heavy atom. The van der Waals surface area contributed by atoms with Gasteiger partial charge in [-0.25, -0.2) is 8.78 Å². The summed E-state index contributed by atoms with van der Waals surface area (Å²) in [6.07, 6.45) is 0.541. The van der Waals surface area contributed by atoms with Crippen molar-refractivity contribution >= 4 is 23.3 Å². The Hall–Kier alpha value is -3.20. The van der Waals surface area contributed by atoms with Gasteiger partial charge in [-0.3, -0.25) is 9.59 Å². The third-order valence-corrected chi connectivity index (χ3v) is 5.49. The molecule has 0 bridgehead atoms. The van der Waals surface area contributed by atoms with E-state index in [-0.39, 0.29) is 29.7 Å². The lowest BCUT2D eigenvalue weighted by molar-refractivity contribution is -0.126. The second kappa shape index (κ2) is 10.2. The lowest BCUT2D eigenvalue weighted by Gasteiger charge is -2.35. The molecule has 0 aliphatic heterocycles. The molecule has 9 heteroatoms. The summed E-state index contributed by atoms with van der Waals surface area (Å²) in [7, 11) is 0. The Balaban J connectivity index is 1.97. The Bertz CT molecular complexity index is 1030. The van der Waals surface area contributed by atoms with Crippen LogP contribution in [-0.4, -0.2) is 32.3 Å². The van der Waals surface area contributed by atoms with Gasteiger partial charge in [0.1, 0.15) is 17.7 Å². The van der Waals surface area contributed by atoms with Crippen molar-refractivity contribution in [2.75, 3.05) is 0 Å². The predicted octanol–water partition coefficient (Wildman–Crippen LogP) is 4.11. The molecule has 162 valence electrons. The molecule has 0 saturated heterocycles. The normalized spacial score (nSPS) is 12.8. The minimum Gasteiger partial charge on any atom is -0.350 e. The van der Waals surface area contributed by atoms with Crippen LogP contribution < -0.4 is 5.32 Å². The summed E-state index contributed by atoms with van der Waals surface area (Å²) in [6, 6.07) is 9.95. The summed E-state index contributed by atoms with van der Waals surface area (Å²) in [5, 5.41) is 8.07. The van der Waals surface area contributed by atoms with Crippen LogP contribution >= 0.6 is 11.5 Å². The Morgan fingerprint density at radius 3 is 2.45 bits per heavy atom. The number of rotatable bonds is 8. The van der Waals surface area contributed by atoms with Crippen molar-refractivity contribution in [3.8, 4) is 0 Å². The third kappa shape index (κ3) is 5.29. The highest BCUT2D eigenvalue weighted by Crippen LogP contribution is 2.28. The van der Waals surface area contributed by atoms with E-state index in [0.717, 1.165) is 11.5 Å². The molecule has 0 fully saturated rings. The van der Waals surface area contributed by atoms with Gasteiger partial charge >= 0.3 is 0 Å². The largest absolute Gasteiger partial charge is 0.350 e. The van der Waals surface area contributed by atoms with Gasteiger partial charge in [0.05, 0.1) is 0 Å². The molecule has 0 unspecified atom stereocenters. The molecule has 0 aliphatic rings. The summed E-state index contributed by atoms with van der Waals surface area (Å²) in [5.74, 6) is -2.04. The Morgan fingerprint density at radius 2 is 1.84 bits per heavy atom. The van der Waals surface area contributed by atoms with Gasteiger partial charge in [0, 0.05) is 23.5 Å². The SMILES string of the molecule is CC[C@H](C)N(C(=O)c1csnn1)[C@H](C(=O)NCc1ccc(F)cc1)c1ccccc1F. The van der Waals surface area contributed by atoms with Crippen LogP contribution in [-0.2, 0) is 11.3 Å². The first-order chi connectivity index (χ1) is 14.9. The molecule has 2 amide bonds. The van der Waals surface area contributed by atoms with Gasteiger partial charge in [-0.05, 0) is 48.6 Å². The Kier molecular flexibility index (Phi) is 7.41. The number of hydrogen-bond acceptors (Lipinski definition) is 5. The fourth-order valence-corrected chi connectivity index (χ4v) is 3.59. The Labute approximate surface area is 183 Å². The fraction of sp³-hybridized carbons (Fsp3) is 0.273. The van der Waals surface area contributed by atoms with E-state index in [1.807, 2.05) is 6.92 Å². The molecule has 6 nitrogen and oxygen atoms in total. The fourth-order valence-electron chi connectivity index (χ4n) is 3.16. The highest BCUT2D eigenvalue weighted by atomic mass is 32.1. The maximum atomic E-state index is 14.8. The molecule has 1 heterocycles. The molecular weight excluding hydrogens is 422 g/mol. The maximum Gasteiger partial charge on any atom is 0.276 e. The lowest BCUT2D eigenvalue weighted by atomic mass is 10.00. The van der Waals surface area contributed by atoms with Crippen LogP contribution in [0.2, 0.25) is 0 Å². The summed E-state index contributed by atoms with van der Waals surface area (Å²) in [5.41, 5.74) is 0.848. The molecule has 1 aromatic heterocycles. The number of aromatic nitrogens is 2. The molecular formula is C22H22F2N4O2S. The monoisotopic (exact) mass is 444 g/mol. The molecule has 0 radical (unpaired) electrons. The quantitative estimate of drug-likeness (QED) is 0.567. The molecule has 2 aromatic carbocycles. The van der Waals surface area contributed by atoms with E-state index >= 15 is 0 Å². The van der Waals surface area contributed by atoms with Crippen molar-refractivity contribution in [1.82, 2.24) is 19.8 Å². The molecule has 31 heavy (non-hydrogen) atoms. The first-order valence-electron chi connectivity index (χ1n) is 9.78. The second-order valence-electron chi connectivity index (χ2n) is 7.03. The van der Waals surface area contributed by atoms with Crippen molar-refractivity contribution in [3.05, 3.63) is 82.4 Å². The zero-order chi connectivity index (χ0) is 22.4. The van der Waals surface area contributed by atoms with E-state index in [1.165, 1.54) is 40.6 Å². The van der Waals surface area contributed by atoms with Crippen LogP contribution in [0.4, 0.5) is 8.78 Å². The van der Waals surface area contributed by atoms with Crippen LogP contribution in [0.15, 0.2) is 53.9 Å².